The first-order chi connectivity index (χ1) is 20.0. The third-order valence-corrected chi connectivity index (χ3v) is 8.41. The lowest BCUT2D eigenvalue weighted by atomic mass is 10.0. The molecule has 0 saturated heterocycles. The lowest BCUT2D eigenvalue weighted by Gasteiger charge is -2.04. The fraction of sp³-hybridized carbons (Fsp3) is 0.125. The molecule has 0 radical (unpaired) electrons. The van der Waals surface area contributed by atoms with Gasteiger partial charge in [-0.05, 0) is 61.9 Å². The van der Waals surface area contributed by atoms with Gasteiger partial charge in [0.15, 0.2) is 5.76 Å². The van der Waals surface area contributed by atoms with Crippen LogP contribution < -0.4 is 14.8 Å². The van der Waals surface area contributed by atoms with Crippen LogP contribution in [0.3, 0.4) is 0 Å². The fourth-order valence-electron chi connectivity index (χ4n) is 5.46. The summed E-state index contributed by atoms with van der Waals surface area (Å²) in [6.07, 6.45) is 4.84. The highest BCUT2D eigenvalue weighted by molar-refractivity contribution is 7.15. The summed E-state index contributed by atoms with van der Waals surface area (Å²) in [5, 5.41) is 10.5. The summed E-state index contributed by atoms with van der Waals surface area (Å²) < 4.78 is 15.7. The molecule has 3 aromatic carbocycles. The van der Waals surface area contributed by atoms with Crippen LogP contribution >= 0.6 is 11.3 Å². The Morgan fingerprint density at radius 1 is 1.02 bits per heavy atom. The van der Waals surface area contributed by atoms with Gasteiger partial charge in [-0.1, -0.05) is 47.7 Å². The Morgan fingerprint density at radius 2 is 1.85 bits per heavy atom. The van der Waals surface area contributed by atoms with Gasteiger partial charge < -0.3 is 9.15 Å². The van der Waals surface area contributed by atoms with Gasteiger partial charge in [-0.3, -0.25) is 4.79 Å². The van der Waals surface area contributed by atoms with Crippen LogP contribution in [0.5, 0.6) is 5.75 Å². The number of ether oxygens (including phenoxy) is 1. The van der Waals surface area contributed by atoms with E-state index in [1.807, 2.05) is 90.6 Å². The zero-order valence-corrected chi connectivity index (χ0v) is 23.1. The van der Waals surface area contributed by atoms with Crippen LogP contribution in [0.4, 0.5) is 0 Å². The second kappa shape index (κ2) is 9.00. The van der Waals surface area contributed by atoms with Crippen LogP contribution in [0.2, 0.25) is 0 Å². The lowest BCUT2D eigenvalue weighted by Crippen LogP contribution is -2.23. The summed E-state index contributed by atoms with van der Waals surface area (Å²) in [5.41, 5.74) is 6.16. The first-order valence-corrected chi connectivity index (χ1v) is 14.2. The Labute approximate surface area is 237 Å². The molecule has 8 nitrogen and oxygen atoms in total. The van der Waals surface area contributed by atoms with Crippen molar-refractivity contribution in [3.8, 4) is 34.3 Å². The predicted molar refractivity (Wildman–Crippen MR) is 159 cm³/mol. The van der Waals surface area contributed by atoms with Crippen LogP contribution in [0.1, 0.15) is 23.6 Å². The third kappa shape index (κ3) is 3.88. The number of rotatable bonds is 4. The minimum absolute atomic E-state index is 0.152. The standard InChI is InChI=1S/C32H23N5O3S/c1-18-14-21-15-20(12-13-25(21)39-18)28-22(17-36(34-28)23-8-4-3-5-9-23)16-27-31(38)37-32(41-27)33-30(35-37)29-19(2)24-10-6-7-11-26(24)40-29/h3-13,15-18H,14H2,1-2H3. The molecule has 41 heavy (non-hydrogen) atoms. The lowest BCUT2D eigenvalue weighted by molar-refractivity contribution is 0.254. The molecule has 1 atom stereocenters. The van der Waals surface area contributed by atoms with E-state index in [1.165, 1.54) is 15.9 Å². The van der Waals surface area contributed by atoms with E-state index in [1.54, 1.807) is 0 Å². The number of furan rings is 1. The zero-order valence-electron chi connectivity index (χ0n) is 22.2. The SMILES string of the molecule is Cc1c(-c2nc3sc(=Cc4cn(-c5ccccc5)nc4-c4ccc5c(c4)CC(C)O5)c(=O)n3n2)oc2ccccc12. The van der Waals surface area contributed by atoms with Gasteiger partial charge in [-0.2, -0.15) is 14.6 Å². The number of fused-ring (bicyclic) bond motifs is 3. The molecule has 0 saturated carbocycles. The molecule has 5 heterocycles. The van der Waals surface area contributed by atoms with E-state index in [-0.39, 0.29) is 11.7 Å². The second-order valence-electron chi connectivity index (χ2n) is 10.3. The van der Waals surface area contributed by atoms with E-state index in [2.05, 4.69) is 23.1 Å². The van der Waals surface area contributed by atoms with Crippen molar-refractivity contribution >= 4 is 33.3 Å². The summed E-state index contributed by atoms with van der Waals surface area (Å²) >= 11 is 1.30. The van der Waals surface area contributed by atoms with Crippen LogP contribution in [0.15, 0.2) is 88.2 Å². The number of hydrogen-bond donors (Lipinski definition) is 0. The molecule has 8 rings (SSSR count). The summed E-state index contributed by atoms with van der Waals surface area (Å²) in [5.74, 6) is 1.89. The predicted octanol–water partition coefficient (Wildman–Crippen LogP) is 5.60. The molecule has 0 bridgehead atoms. The van der Waals surface area contributed by atoms with Gasteiger partial charge in [0, 0.05) is 34.7 Å². The average molecular weight is 558 g/mol. The van der Waals surface area contributed by atoms with Crippen molar-refractivity contribution in [2.75, 3.05) is 0 Å². The number of aryl methyl sites for hydroxylation is 1. The maximum atomic E-state index is 13.5. The van der Waals surface area contributed by atoms with Crippen LogP contribution in [0.25, 0.3) is 50.5 Å². The number of benzene rings is 3. The molecule has 9 heteroatoms. The van der Waals surface area contributed by atoms with E-state index in [9.17, 15) is 4.79 Å². The Hall–Kier alpha value is -5.02. The molecule has 0 amide bonds. The average Bonchev–Trinajstić information content (AvgIpc) is 3.79. The van der Waals surface area contributed by atoms with Crippen molar-refractivity contribution in [2.45, 2.75) is 26.4 Å². The van der Waals surface area contributed by atoms with Crippen LogP contribution in [-0.4, -0.2) is 30.5 Å². The number of aromatic nitrogens is 5. The smallest absolute Gasteiger partial charge is 0.291 e. The molecular formula is C32H23N5O3S. The Morgan fingerprint density at radius 3 is 2.68 bits per heavy atom. The van der Waals surface area contributed by atoms with Gasteiger partial charge >= 0.3 is 0 Å². The first kappa shape index (κ1) is 23.8. The van der Waals surface area contributed by atoms with E-state index >= 15 is 0 Å². The third-order valence-electron chi connectivity index (χ3n) is 7.45. The highest BCUT2D eigenvalue weighted by Gasteiger charge is 2.22. The maximum absolute atomic E-state index is 13.5. The van der Waals surface area contributed by atoms with Crippen LogP contribution in [0, 0.1) is 6.92 Å². The number of para-hydroxylation sites is 2. The van der Waals surface area contributed by atoms with E-state index in [0.717, 1.165) is 56.8 Å². The highest BCUT2D eigenvalue weighted by atomic mass is 32.1. The molecule has 0 aliphatic carbocycles. The molecule has 7 aromatic rings. The zero-order chi connectivity index (χ0) is 27.7. The van der Waals surface area contributed by atoms with E-state index < -0.39 is 0 Å². The molecule has 0 fully saturated rings. The van der Waals surface area contributed by atoms with Gasteiger partial charge in [0.25, 0.3) is 5.56 Å². The van der Waals surface area contributed by atoms with Gasteiger partial charge in [-0.15, -0.1) is 5.10 Å². The quantitative estimate of drug-likeness (QED) is 0.280. The minimum atomic E-state index is -0.230. The van der Waals surface area contributed by atoms with Crippen molar-refractivity contribution in [1.29, 1.82) is 0 Å². The Bertz CT molecular complexity index is 2220. The number of nitrogens with zero attached hydrogens (tertiary/aromatic N) is 5. The Balaban J connectivity index is 1.25. The summed E-state index contributed by atoms with van der Waals surface area (Å²) in [7, 11) is 0. The fourth-order valence-corrected chi connectivity index (χ4v) is 6.36. The van der Waals surface area contributed by atoms with Crippen LogP contribution in [-0.2, 0) is 6.42 Å². The van der Waals surface area contributed by atoms with Crippen molar-refractivity contribution in [1.82, 2.24) is 24.4 Å². The van der Waals surface area contributed by atoms with Crippen molar-refractivity contribution < 1.29 is 9.15 Å². The second-order valence-corrected chi connectivity index (χ2v) is 11.3. The Kier molecular flexibility index (Phi) is 5.23. The van der Waals surface area contributed by atoms with Gasteiger partial charge in [0.05, 0.1) is 10.2 Å². The van der Waals surface area contributed by atoms with Gasteiger partial charge in [0.1, 0.15) is 23.1 Å². The molecule has 4 aromatic heterocycles. The van der Waals surface area contributed by atoms with Crippen molar-refractivity contribution in [3.05, 3.63) is 111 Å². The largest absolute Gasteiger partial charge is 0.490 e. The minimum Gasteiger partial charge on any atom is -0.490 e. The maximum Gasteiger partial charge on any atom is 0.291 e. The summed E-state index contributed by atoms with van der Waals surface area (Å²) in [6, 6.07) is 23.9. The number of thiazole rings is 1. The van der Waals surface area contributed by atoms with E-state index in [4.69, 9.17) is 14.3 Å². The normalized spacial score (nSPS) is 15.2. The monoisotopic (exact) mass is 557 g/mol. The summed E-state index contributed by atoms with van der Waals surface area (Å²) in [4.78, 5) is 18.7. The molecule has 200 valence electrons. The molecule has 1 unspecified atom stereocenters. The molecule has 1 aliphatic rings. The van der Waals surface area contributed by atoms with Gasteiger partial charge in [-0.25, -0.2) is 4.68 Å². The highest BCUT2D eigenvalue weighted by Crippen LogP contribution is 2.34. The molecule has 1 aliphatic heterocycles. The van der Waals surface area contributed by atoms with Gasteiger partial charge in [0.2, 0.25) is 10.8 Å². The molecule has 0 N–H and O–H groups in total. The first-order valence-electron chi connectivity index (χ1n) is 13.4. The van der Waals surface area contributed by atoms with Crippen molar-refractivity contribution in [2.24, 2.45) is 0 Å². The van der Waals surface area contributed by atoms with E-state index in [0.29, 0.717) is 21.1 Å². The summed E-state index contributed by atoms with van der Waals surface area (Å²) in [6.45, 7) is 4.05. The molecule has 0 spiro atoms. The van der Waals surface area contributed by atoms with Crippen molar-refractivity contribution in [3.63, 3.8) is 0 Å². The topological polar surface area (TPSA) is 87.5 Å². The number of hydrogen-bond acceptors (Lipinski definition) is 7. The molecular weight excluding hydrogens is 534 g/mol.